The summed E-state index contributed by atoms with van der Waals surface area (Å²) in [4.78, 5) is 0. The van der Waals surface area contributed by atoms with Crippen LogP contribution >= 0.6 is 0 Å². The molecule has 8 N–H and O–H groups in total. The molecule has 0 amide bonds. The van der Waals surface area contributed by atoms with E-state index >= 15 is 0 Å². The van der Waals surface area contributed by atoms with Crippen molar-refractivity contribution in [3.8, 4) is 0 Å². The first kappa shape index (κ1) is 740. The molecule has 38 valence electrons. The van der Waals surface area contributed by atoms with Gasteiger partial charge in [-0.2, -0.15) is 0 Å². The zero-order chi connectivity index (χ0) is 0. The minimum absolute atomic E-state index is 0. The van der Waals surface area contributed by atoms with Crippen LogP contribution in [-0.4, -0.2) is 21.9 Å². The van der Waals surface area contributed by atoms with E-state index in [1.807, 2.05) is 0 Å². The quantitative estimate of drug-likeness (QED) is 0.320. The second-order valence-corrected chi connectivity index (χ2v) is 0. The van der Waals surface area contributed by atoms with E-state index in [9.17, 15) is 0 Å². The Morgan fingerprint density at radius 2 is 0.400 bits per heavy atom. The molecule has 0 saturated heterocycles. The molecule has 0 atom stereocenters. The molecule has 0 rings (SSSR count). The van der Waals surface area contributed by atoms with Crippen LogP contribution < -0.4 is 0 Å². The first-order valence-electron chi connectivity index (χ1n) is 0. The average molecular weight is 124 g/mol. The maximum Gasteiger partial charge on any atom is 0 e. The Bertz CT molecular complexity index is 3.61. The van der Waals surface area contributed by atoms with E-state index in [-0.39, 0.29) is 39.3 Å². The molecule has 0 aromatic carbocycles. The van der Waals surface area contributed by atoms with Crippen molar-refractivity contribution in [2.24, 2.45) is 0 Å². The zero-order valence-electron chi connectivity index (χ0n) is 2.41. The summed E-state index contributed by atoms with van der Waals surface area (Å²) in [5.41, 5.74) is 0. The van der Waals surface area contributed by atoms with Crippen LogP contribution in [-0.2, 0) is 17.4 Å². The van der Waals surface area contributed by atoms with E-state index in [1.54, 1.807) is 0 Å². The molecule has 0 unspecified atom stereocenters. The molecule has 0 radical (unpaired) electrons. The van der Waals surface area contributed by atoms with Crippen LogP contribution in [0.15, 0.2) is 0 Å². The van der Waals surface area contributed by atoms with Gasteiger partial charge in [0.25, 0.3) is 0 Å². The minimum atomic E-state index is 0. The second-order valence-electron chi connectivity index (χ2n) is 0. The molecule has 0 heterocycles. The third-order valence-electron chi connectivity index (χ3n) is 0. The fourth-order valence-electron chi connectivity index (χ4n) is 0. The van der Waals surface area contributed by atoms with Gasteiger partial charge in [-0.05, 0) is 0 Å². The molecule has 0 aromatic heterocycles. The van der Waals surface area contributed by atoms with Gasteiger partial charge in [-0.25, -0.2) is 0 Å². The Balaban J connectivity index is 0. The van der Waals surface area contributed by atoms with E-state index < -0.39 is 0 Å². The van der Waals surface area contributed by atoms with E-state index in [2.05, 4.69) is 0 Å². The van der Waals surface area contributed by atoms with E-state index in [0.29, 0.717) is 0 Å². The largest absolute Gasteiger partial charge is 0.412 e. The van der Waals surface area contributed by atoms with Crippen LogP contribution in [0.2, 0.25) is 0 Å². The van der Waals surface area contributed by atoms with E-state index in [1.165, 1.54) is 0 Å². The zero-order valence-corrected chi connectivity index (χ0v) is 3.68. The average Bonchev–Trinajstić information content (AvgIpc) is 0. The molecular formula is H8CrO4. The van der Waals surface area contributed by atoms with Crippen molar-refractivity contribution in [3.05, 3.63) is 0 Å². The summed E-state index contributed by atoms with van der Waals surface area (Å²) in [7, 11) is 0. The molecule has 0 spiro atoms. The molecule has 0 aromatic rings. The Labute approximate surface area is 40.2 Å². The molecule has 0 saturated carbocycles. The Morgan fingerprint density at radius 3 is 0.400 bits per heavy atom. The van der Waals surface area contributed by atoms with Crippen LogP contribution in [0.5, 0.6) is 0 Å². The summed E-state index contributed by atoms with van der Waals surface area (Å²) in [6, 6.07) is 0. The van der Waals surface area contributed by atoms with E-state index in [0.717, 1.165) is 0 Å². The topological polar surface area (TPSA) is 126 Å². The predicted octanol–water partition coefficient (Wildman–Crippen LogP) is -3.30. The third-order valence-corrected chi connectivity index (χ3v) is 0. The maximum atomic E-state index is 0. The molecule has 4 nitrogen and oxygen atoms in total. The molecule has 5 heteroatoms. The monoisotopic (exact) mass is 124 g/mol. The van der Waals surface area contributed by atoms with Gasteiger partial charge in [0.2, 0.25) is 0 Å². The van der Waals surface area contributed by atoms with Crippen LogP contribution in [0.4, 0.5) is 0 Å². The summed E-state index contributed by atoms with van der Waals surface area (Å²) in [5, 5.41) is 0. The molecule has 0 fully saturated rings. The van der Waals surface area contributed by atoms with Crippen molar-refractivity contribution in [2.45, 2.75) is 0 Å². The van der Waals surface area contributed by atoms with Gasteiger partial charge >= 0.3 is 0 Å². The number of hydrogen-bond acceptors (Lipinski definition) is 0. The second kappa shape index (κ2) is 358. The number of rotatable bonds is 0. The molecule has 0 aliphatic rings. The van der Waals surface area contributed by atoms with Crippen LogP contribution in [0.3, 0.4) is 0 Å². The molecule has 0 bridgehead atoms. The Hall–Kier alpha value is 0.372. The van der Waals surface area contributed by atoms with Gasteiger partial charge in [-0.15, -0.1) is 0 Å². The van der Waals surface area contributed by atoms with Gasteiger partial charge in [0.1, 0.15) is 0 Å². The fourth-order valence-corrected chi connectivity index (χ4v) is 0. The van der Waals surface area contributed by atoms with Gasteiger partial charge < -0.3 is 21.9 Å². The summed E-state index contributed by atoms with van der Waals surface area (Å²) >= 11 is 0. The van der Waals surface area contributed by atoms with E-state index in [4.69, 9.17) is 0 Å². The molecule has 0 aliphatic carbocycles. The van der Waals surface area contributed by atoms with Crippen molar-refractivity contribution in [2.75, 3.05) is 0 Å². The summed E-state index contributed by atoms with van der Waals surface area (Å²) in [5.74, 6) is 0. The van der Waals surface area contributed by atoms with Crippen LogP contribution in [0.1, 0.15) is 0 Å². The molecular weight excluding hydrogens is 116 g/mol. The predicted molar refractivity (Wildman–Crippen MR) is 14.5 cm³/mol. The minimum Gasteiger partial charge on any atom is -0.412 e. The maximum absolute atomic E-state index is 0. The van der Waals surface area contributed by atoms with Gasteiger partial charge in [-0.3, -0.25) is 0 Å². The van der Waals surface area contributed by atoms with Crippen LogP contribution in [0.25, 0.3) is 0 Å². The summed E-state index contributed by atoms with van der Waals surface area (Å²) < 4.78 is 0. The number of hydrogen-bond donors (Lipinski definition) is 0. The fraction of sp³-hybridized carbons (Fsp3) is 0. The van der Waals surface area contributed by atoms with Gasteiger partial charge in [-0.1, -0.05) is 0 Å². The van der Waals surface area contributed by atoms with Crippen molar-refractivity contribution in [1.29, 1.82) is 0 Å². The summed E-state index contributed by atoms with van der Waals surface area (Å²) in [6.07, 6.45) is 0. The van der Waals surface area contributed by atoms with Crippen molar-refractivity contribution in [3.63, 3.8) is 0 Å². The summed E-state index contributed by atoms with van der Waals surface area (Å²) in [6.45, 7) is 0. The molecule has 0 aliphatic heterocycles. The van der Waals surface area contributed by atoms with Crippen molar-refractivity contribution in [1.82, 2.24) is 0 Å². The van der Waals surface area contributed by atoms with Crippen molar-refractivity contribution >= 4 is 0 Å². The normalized spacial score (nSPS) is 0. The Morgan fingerprint density at radius 1 is 0.400 bits per heavy atom. The first-order chi connectivity index (χ1) is 0. The van der Waals surface area contributed by atoms with Crippen molar-refractivity contribution < 1.29 is 39.3 Å². The smallest absolute Gasteiger partial charge is 0 e. The third kappa shape index (κ3) is 177. The van der Waals surface area contributed by atoms with Gasteiger partial charge in [0.05, 0.1) is 0 Å². The SMILES string of the molecule is O.O.O.O.[Cr]. The Kier molecular flexibility index (Phi) is 53100. The first-order valence-corrected chi connectivity index (χ1v) is 0. The van der Waals surface area contributed by atoms with Crippen LogP contribution in [0, 0.1) is 0 Å². The van der Waals surface area contributed by atoms with Gasteiger partial charge in [0.15, 0.2) is 0 Å². The standard InChI is InChI=1S/Cr.4H2O/h;4*1H2. The van der Waals surface area contributed by atoms with Gasteiger partial charge in [0, 0.05) is 17.4 Å². The molecule has 5 heavy (non-hydrogen) atoms.